The number of nitrogens with one attached hydrogen (secondary N) is 1. The number of amides is 1. The molecule has 1 atom stereocenters. The quantitative estimate of drug-likeness (QED) is 0.832. The zero-order valence-corrected chi connectivity index (χ0v) is 15.2. The molecule has 1 aromatic heterocycles. The summed E-state index contributed by atoms with van der Waals surface area (Å²) in [6.45, 7) is 9.05. The lowest BCUT2D eigenvalue weighted by Gasteiger charge is -2.21. The molecular weight excluding hydrogens is 312 g/mol. The fourth-order valence-electron chi connectivity index (χ4n) is 2.61. The van der Waals surface area contributed by atoms with Crippen LogP contribution < -0.4 is 5.32 Å². The van der Waals surface area contributed by atoms with Gasteiger partial charge in [-0.15, -0.1) is 11.8 Å². The molecule has 23 heavy (non-hydrogen) atoms. The molecule has 1 aromatic rings. The Balaban J connectivity index is 1.77. The van der Waals surface area contributed by atoms with Gasteiger partial charge in [-0.3, -0.25) is 9.88 Å². The van der Waals surface area contributed by atoms with Crippen molar-refractivity contribution in [2.75, 3.05) is 25.9 Å². The molecule has 0 aromatic carbocycles. The monoisotopic (exact) mass is 338 g/mol. The van der Waals surface area contributed by atoms with Gasteiger partial charge in [-0.1, -0.05) is 0 Å². The van der Waals surface area contributed by atoms with E-state index in [1.807, 2.05) is 27.0 Å². The van der Waals surface area contributed by atoms with Crippen molar-refractivity contribution >= 4 is 17.9 Å². The van der Waals surface area contributed by atoms with Crippen molar-refractivity contribution in [3.63, 3.8) is 0 Å². The normalized spacial score (nSPS) is 18.9. The van der Waals surface area contributed by atoms with E-state index < -0.39 is 5.60 Å². The van der Waals surface area contributed by atoms with E-state index >= 15 is 0 Å². The van der Waals surface area contributed by atoms with Crippen molar-refractivity contribution in [2.45, 2.75) is 44.4 Å². The Bertz CT molecular complexity index is 533. The fraction of sp³-hybridized carbons (Fsp3) is 0.688. The van der Waals surface area contributed by atoms with Crippen molar-refractivity contribution in [1.29, 1.82) is 0 Å². The number of rotatable bonds is 5. The van der Waals surface area contributed by atoms with Gasteiger partial charge in [0, 0.05) is 32.0 Å². The van der Waals surface area contributed by atoms with Gasteiger partial charge < -0.3 is 10.1 Å². The topological polar surface area (TPSA) is 67.4 Å². The Morgan fingerprint density at radius 3 is 2.87 bits per heavy atom. The number of hydrogen-bond donors (Lipinski definition) is 1. The van der Waals surface area contributed by atoms with Gasteiger partial charge >= 0.3 is 6.09 Å². The van der Waals surface area contributed by atoms with Crippen LogP contribution in [-0.2, 0) is 11.3 Å². The third-order valence-electron chi connectivity index (χ3n) is 3.61. The molecule has 2 heterocycles. The SMILES string of the molecule is CSc1nccnc1CN1CC[C@@H](CNC(=O)OC(C)(C)C)C1. The van der Waals surface area contributed by atoms with E-state index in [9.17, 15) is 4.79 Å². The predicted octanol–water partition coefficient (Wildman–Crippen LogP) is 2.55. The highest BCUT2D eigenvalue weighted by molar-refractivity contribution is 7.98. The van der Waals surface area contributed by atoms with Crippen LogP contribution in [-0.4, -0.2) is 52.5 Å². The number of alkyl carbamates (subject to hydrolysis) is 1. The minimum absolute atomic E-state index is 0.338. The molecule has 6 nitrogen and oxygen atoms in total. The standard InChI is InChI=1S/C16H26N4O2S/c1-16(2,3)22-15(21)19-9-12-5-8-20(10-12)11-13-14(23-4)18-7-6-17-13/h6-7,12H,5,8-11H2,1-4H3,(H,19,21)/t12-/m0/s1. The lowest BCUT2D eigenvalue weighted by atomic mass is 10.1. The van der Waals surface area contributed by atoms with Crippen LogP contribution in [0.3, 0.4) is 0 Å². The molecule has 0 radical (unpaired) electrons. The fourth-order valence-corrected chi connectivity index (χ4v) is 3.13. The Hall–Kier alpha value is -1.34. The summed E-state index contributed by atoms with van der Waals surface area (Å²) in [6.07, 6.45) is 6.23. The van der Waals surface area contributed by atoms with Crippen molar-refractivity contribution in [3.8, 4) is 0 Å². The Morgan fingerprint density at radius 1 is 1.43 bits per heavy atom. The second-order valence-electron chi connectivity index (χ2n) is 6.78. The van der Waals surface area contributed by atoms with E-state index in [0.29, 0.717) is 12.5 Å². The van der Waals surface area contributed by atoms with E-state index in [4.69, 9.17) is 4.74 Å². The summed E-state index contributed by atoms with van der Waals surface area (Å²) in [4.78, 5) is 22.9. The van der Waals surface area contributed by atoms with Crippen LogP contribution in [0.5, 0.6) is 0 Å². The first-order valence-corrected chi connectivity index (χ1v) is 9.13. The summed E-state index contributed by atoms with van der Waals surface area (Å²) < 4.78 is 5.27. The number of ether oxygens (including phenoxy) is 1. The highest BCUT2D eigenvalue weighted by Gasteiger charge is 2.25. The molecular formula is C16H26N4O2S. The molecule has 1 aliphatic heterocycles. The zero-order valence-electron chi connectivity index (χ0n) is 14.3. The molecule has 0 bridgehead atoms. The summed E-state index contributed by atoms with van der Waals surface area (Å²) in [7, 11) is 0. The highest BCUT2D eigenvalue weighted by atomic mass is 32.2. The largest absolute Gasteiger partial charge is 0.444 e. The number of hydrogen-bond acceptors (Lipinski definition) is 6. The molecule has 0 spiro atoms. The maximum atomic E-state index is 11.7. The van der Waals surface area contributed by atoms with Gasteiger partial charge in [-0.25, -0.2) is 9.78 Å². The number of thioether (sulfide) groups is 1. The van der Waals surface area contributed by atoms with Crippen molar-refractivity contribution in [3.05, 3.63) is 18.1 Å². The van der Waals surface area contributed by atoms with Crippen LogP contribution in [0.4, 0.5) is 4.79 Å². The minimum Gasteiger partial charge on any atom is -0.444 e. The summed E-state index contributed by atoms with van der Waals surface area (Å²) >= 11 is 1.63. The van der Waals surface area contributed by atoms with Crippen molar-refractivity contribution < 1.29 is 9.53 Å². The number of carbonyl (C=O) groups excluding carboxylic acids is 1. The number of likely N-dealkylation sites (tertiary alicyclic amines) is 1. The van der Waals surface area contributed by atoms with Gasteiger partial charge in [-0.05, 0) is 45.9 Å². The number of carbonyl (C=O) groups is 1. The second kappa shape index (κ2) is 7.97. The van der Waals surface area contributed by atoms with Crippen LogP contribution in [0.15, 0.2) is 17.4 Å². The molecule has 1 fully saturated rings. The summed E-state index contributed by atoms with van der Waals surface area (Å²) in [5.74, 6) is 0.455. The van der Waals surface area contributed by atoms with Crippen LogP contribution in [0.2, 0.25) is 0 Å². The summed E-state index contributed by atoms with van der Waals surface area (Å²) in [6, 6.07) is 0. The zero-order chi connectivity index (χ0) is 16.9. The van der Waals surface area contributed by atoms with Gasteiger partial charge in [0.15, 0.2) is 0 Å². The highest BCUT2D eigenvalue weighted by Crippen LogP contribution is 2.21. The molecule has 0 saturated carbocycles. The molecule has 1 amide bonds. The van der Waals surface area contributed by atoms with E-state index in [1.165, 1.54) is 0 Å². The first-order chi connectivity index (χ1) is 10.9. The molecule has 0 aliphatic carbocycles. The average molecular weight is 338 g/mol. The smallest absolute Gasteiger partial charge is 0.407 e. The van der Waals surface area contributed by atoms with Crippen molar-refractivity contribution in [1.82, 2.24) is 20.2 Å². The molecule has 2 rings (SSSR count). The van der Waals surface area contributed by atoms with Gasteiger partial charge in [0.1, 0.15) is 10.6 Å². The molecule has 0 unspecified atom stereocenters. The first-order valence-electron chi connectivity index (χ1n) is 7.90. The summed E-state index contributed by atoms with van der Waals surface area (Å²) in [5, 5.41) is 3.86. The Labute approximate surface area is 142 Å². The van der Waals surface area contributed by atoms with Crippen molar-refractivity contribution in [2.24, 2.45) is 5.92 Å². The van der Waals surface area contributed by atoms with Gasteiger partial charge in [0.05, 0.1) is 5.69 Å². The summed E-state index contributed by atoms with van der Waals surface area (Å²) in [5.41, 5.74) is 0.576. The molecule has 1 saturated heterocycles. The lowest BCUT2D eigenvalue weighted by Crippen LogP contribution is -2.36. The lowest BCUT2D eigenvalue weighted by molar-refractivity contribution is 0.0519. The van der Waals surface area contributed by atoms with E-state index in [2.05, 4.69) is 20.2 Å². The first kappa shape index (κ1) is 18.0. The third kappa shape index (κ3) is 5.99. The molecule has 1 aliphatic rings. The maximum absolute atomic E-state index is 11.7. The Morgan fingerprint density at radius 2 is 2.17 bits per heavy atom. The molecule has 7 heteroatoms. The van der Waals surface area contributed by atoms with Crippen LogP contribution >= 0.6 is 11.8 Å². The Kier molecular flexibility index (Phi) is 6.24. The van der Waals surface area contributed by atoms with E-state index in [-0.39, 0.29) is 6.09 Å². The maximum Gasteiger partial charge on any atom is 0.407 e. The predicted molar refractivity (Wildman–Crippen MR) is 91.4 cm³/mol. The van der Waals surface area contributed by atoms with Gasteiger partial charge in [-0.2, -0.15) is 0 Å². The molecule has 1 N–H and O–H groups in total. The number of nitrogens with zero attached hydrogens (tertiary/aromatic N) is 3. The van der Waals surface area contributed by atoms with Crippen LogP contribution in [0.1, 0.15) is 32.9 Å². The van der Waals surface area contributed by atoms with E-state index in [1.54, 1.807) is 24.2 Å². The van der Waals surface area contributed by atoms with Gasteiger partial charge in [0.2, 0.25) is 0 Å². The second-order valence-corrected chi connectivity index (χ2v) is 7.58. The third-order valence-corrected chi connectivity index (χ3v) is 4.33. The number of aromatic nitrogens is 2. The molecule has 128 valence electrons. The van der Waals surface area contributed by atoms with Crippen LogP contribution in [0.25, 0.3) is 0 Å². The van der Waals surface area contributed by atoms with Crippen LogP contribution in [0, 0.1) is 5.92 Å². The average Bonchev–Trinajstić information content (AvgIpc) is 2.91. The van der Waals surface area contributed by atoms with Gasteiger partial charge in [0.25, 0.3) is 0 Å². The van der Waals surface area contributed by atoms with E-state index in [0.717, 1.165) is 36.8 Å². The minimum atomic E-state index is -0.452.